The van der Waals surface area contributed by atoms with Crippen LogP contribution in [0.15, 0.2) is 0 Å². The van der Waals surface area contributed by atoms with E-state index < -0.39 is 0 Å². The molecule has 3 heterocycles. The highest BCUT2D eigenvalue weighted by Crippen LogP contribution is 2.41. The van der Waals surface area contributed by atoms with E-state index in [-0.39, 0.29) is 0 Å². The summed E-state index contributed by atoms with van der Waals surface area (Å²) >= 11 is 0. The van der Waals surface area contributed by atoms with Crippen LogP contribution in [0.4, 0.5) is 0 Å². The first-order valence-electron chi connectivity index (χ1n) is 4.61. The fourth-order valence-electron chi connectivity index (χ4n) is 3.13. The van der Waals surface area contributed by atoms with Crippen molar-refractivity contribution in [1.82, 2.24) is 10.1 Å². The second kappa shape index (κ2) is 1.97. The Morgan fingerprint density at radius 3 is 2.18 bits per heavy atom. The highest BCUT2D eigenvalue weighted by molar-refractivity contribution is 4.93. The lowest BCUT2D eigenvalue weighted by Gasteiger charge is -2.56. The Morgan fingerprint density at radius 1 is 1.00 bits per heavy atom. The third-order valence-corrected chi connectivity index (χ3v) is 3.52. The van der Waals surface area contributed by atoms with Crippen LogP contribution in [0.1, 0.15) is 19.3 Å². The molecule has 3 saturated heterocycles. The maximum Gasteiger partial charge on any atom is 0.0406 e. The van der Waals surface area contributed by atoms with Crippen LogP contribution < -0.4 is 5.84 Å². The fourth-order valence-corrected chi connectivity index (χ4v) is 3.13. The minimum Gasteiger partial charge on any atom is -0.255 e. The predicted molar refractivity (Wildman–Crippen MR) is 42.2 cm³/mol. The van der Waals surface area contributed by atoms with Crippen LogP contribution in [0.25, 0.3) is 0 Å². The summed E-state index contributed by atoms with van der Waals surface area (Å²) < 4.78 is 0. The number of nitrogens with two attached hydrogens (primary N) is 1. The summed E-state index contributed by atoms with van der Waals surface area (Å²) in [5, 5.41) is 4.34. The van der Waals surface area contributed by atoms with E-state index in [9.17, 15) is 0 Å². The molecule has 1 saturated carbocycles. The zero-order valence-electron chi connectivity index (χ0n) is 6.74. The smallest absolute Gasteiger partial charge is 0.0406 e. The Bertz CT molecular complexity index is 152. The van der Waals surface area contributed by atoms with Gasteiger partial charge in [-0.05, 0) is 31.1 Å². The molecule has 4 aliphatic rings. The van der Waals surface area contributed by atoms with E-state index in [1.54, 1.807) is 0 Å². The van der Waals surface area contributed by atoms with Gasteiger partial charge in [0.2, 0.25) is 0 Å². The van der Waals surface area contributed by atoms with Gasteiger partial charge in [-0.1, -0.05) is 0 Å². The molecular weight excluding hydrogens is 138 g/mol. The highest BCUT2D eigenvalue weighted by atomic mass is 15.8. The summed E-state index contributed by atoms with van der Waals surface area (Å²) in [6.07, 6.45) is 4.17. The topological polar surface area (TPSA) is 32.5 Å². The minimum absolute atomic E-state index is 0.682. The molecule has 0 spiro atoms. The standard InChI is InChI=1S/C8H15N3/c9-11-8-2-6-1-7(3-8)5-10(11)4-6/h6-8H,1-5,9H2. The van der Waals surface area contributed by atoms with Crippen LogP contribution in [-0.2, 0) is 0 Å². The molecule has 2 atom stereocenters. The second-order valence-corrected chi connectivity index (χ2v) is 4.34. The molecular formula is C8H15N3. The maximum atomic E-state index is 5.93. The van der Waals surface area contributed by atoms with E-state index in [0.29, 0.717) is 6.04 Å². The molecule has 0 radical (unpaired) electrons. The number of hydrogen-bond donors (Lipinski definition) is 1. The lowest BCUT2D eigenvalue weighted by molar-refractivity contribution is -0.186. The van der Waals surface area contributed by atoms with Gasteiger partial charge < -0.3 is 0 Å². The molecule has 3 aliphatic heterocycles. The molecule has 62 valence electrons. The Labute approximate surface area is 67.1 Å². The van der Waals surface area contributed by atoms with Gasteiger partial charge in [0.05, 0.1) is 0 Å². The molecule has 2 unspecified atom stereocenters. The highest BCUT2D eigenvalue weighted by Gasteiger charge is 2.44. The molecule has 0 aromatic heterocycles. The summed E-state index contributed by atoms with van der Waals surface area (Å²) in [6, 6.07) is 0.682. The first-order chi connectivity index (χ1) is 5.33. The number of hydrogen-bond acceptors (Lipinski definition) is 3. The number of hydrazine groups is 2. The molecule has 0 aromatic rings. The molecule has 0 aromatic carbocycles. The van der Waals surface area contributed by atoms with Crippen molar-refractivity contribution in [2.75, 3.05) is 13.1 Å². The van der Waals surface area contributed by atoms with E-state index in [1.165, 1.54) is 32.4 Å². The Morgan fingerprint density at radius 2 is 1.64 bits per heavy atom. The zero-order chi connectivity index (χ0) is 7.42. The van der Waals surface area contributed by atoms with E-state index in [4.69, 9.17) is 5.84 Å². The molecule has 4 bridgehead atoms. The van der Waals surface area contributed by atoms with Crippen LogP contribution in [0.3, 0.4) is 0 Å². The summed E-state index contributed by atoms with van der Waals surface area (Å²) in [7, 11) is 0. The van der Waals surface area contributed by atoms with Crippen molar-refractivity contribution < 1.29 is 0 Å². The van der Waals surface area contributed by atoms with E-state index >= 15 is 0 Å². The molecule has 4 fully saturated rings. The first-order valence-corrected chi connectivity index (χ1v) is 4.61. The third-order valence-electron chi connectivity index (χ3n) is 3.52. The second-order valence-electron chi connectivity index (χ2n) is 4.34. The van der Waals surface area contributed by atoms with Crippen LogP contribution in [0.2, 0.25) is 0 Å². The van der Waals surface area contributed by atoms with Gasteiger partial charge in [-0.3, -0.25) is 5.84 Å². The Balaban J connectivity index is 1.91. The predicted octanol–water partition coefficient (Wildman–Crippen LogP) is 0.191. The summed E-state index contributed by atoms with van der Waals surface area (Å²) in [5.41, 5.74) is 0. The summed E-state index contributed by atoms with van der Waals surface area (Å²) in [4.78, 5) is 0. The number of rotatable bonds is 0. The van der Waals surface area contributed by atoms with Crippen LogP contribution >= 0.6 is 0 Å². The van der Waals surface area contributed by atoms with Crippen molar-refractivity contribution in [3.05, 3.63) is 0 Å². The van der Waals surface area contributed by atoms with E-state index in [2.05, 4.69) is 5.01 Å². The number of piperidine rings is 1. The Hall–Kier alpha value is -0.120. The first kappa shape index (κ1) is 6.40. The monoisotopic (exact) mass is 153 g/mol. The fraction of sp³-hybridized carbons (Fsp3) is 1.00. The maximum absolute atomic E-state index is 5.93. The lowest BCUT2D eigenvalue weighted by atomic mass is 9.74. The van der Waals surface area contributed by atoms with Gasteiger partial charge in [0.25, 0.3) is 0 Å². The van der Waals surface area contributed by atoms with Crippen molar-refractivity contribution in [2.45, 2.75) is 25.3 Å². The zero-order valence-corrected chi connectivity index (χ0v) is 6.74. The average molecular weight is 153 g/mol. The number of nitrogens with zero attached hydrogens (tertiary/aromatic N) is 2. The average Bonchev–Trinajstić information content (AvgIpc) is 1.98. The summed E-state index contributed by atoms with van der Waals surface area (Å²) in [5.74, 6) is 7.86. The largest absolute Gasteiger partial charge is 0.255 e. The molecule has 3 heteroatoms. The lowest BCUT2D eigenvalue weighted by Crippen LogP contribution is -2.67. The third kappa shape index (κ3) is 0.789. The van der Waals surface area contributed by atoms with Crippen LogP contribution in [-0.4, -0.2) is 29.3 Å². The molecule has 3 nitrogen and oxygen atoms in total. The van der Waals surface area contributed by atoms with Gasteiger partial charge in [-0.25, -0.2) is 5.01 Å². The van der Waals surface area contributed by atoms with Gasteiger partial charge >= 0.3 is 0 Å². The van der Waals surface area contributed by atoms with Gasteiger partial charge in [-0.2, -0.15) is 5.12 Å². The van der Waals surface area contributed by atoms with E-state index in [0.717, 1.165) is 11.8 Å². The van der Waals surface area contributed by atoms with Gasteiger partial charge in [0.15, 0.2) is 0 Å². The van der Waals surface area contributed by atoms with Gasteiger partial charge in [0.1, 0.15) is 0 Å². The van der Waals surface area contributed by atoms with Crippen molar-refractivity contribution >= 4 is 0 Å². The molecule has 1 aliphatic carbocycles. The molecule has 0 amide bonds. The van der Waals surface area contributed by atoms with Crippen LogP contribution in [0, 0.1) is 11.8 Å². The van der Waals surface area contributed by atoms with Crippen LogP contribution in [0.5, 0.6) is 0 Å². The van der Waals surface area contributed by atoms with Gasteiger partial charge in [0, 0.05) is 19.1 Å². The SMILES string of the molecule is NN1C2CC3CC(C2)CN1C3. The summed E-state index contributed by atoms with van der Waals surface area (Å²) in [6.45, 7) is 2.45. The van der Waals surface area contributed by atoms with Crippen molar-refractivity contribution in [1.29, 1.82) is 0 Å². The Kier molecular flexibility index (Phi) is 1.15. The van der Waals surface area contributed by atoms with Gasteiger partial charge in [-0.15, -0.1) is 0 Å². The molecule has 2 N–H and O–H groups in total. The quantitative estimate of drug-likeness (QED) is 0.504. The van der Waals surface area contributed by atoms with E-state index in [1.807, 2.05) is 5.12 Å². The minimum atomic E-state index is 0.682. The molecule has 11 heavy (non-hydrogen) atoms. The molecule has 4 rings (SSSR count). The van der Waals surface area contributed by atoms with Crippen molar-refractivity contribution in [3.8, 4) is 0 Å². The van der Waals surface area contributed by atoms with Crippen molar-refractivity contribution in [3.63, 3.8) is 0 Å². The normalized spacial score (nSPS) is 55.4. The van der Waals surface area contributed by atoms with Crippen molar-refractivity contribution in [2.24, 2.45) is 17.7 Å².